The zero-order chi connectivity index (χ0) is 13.8. The van der Waals surface area contributed by atoms with Crippen LogP contribution in [0.5, 0.6) is 5.75 Å². The SMILES string of the molecule is C=CCNC(C)(C(=O)O)c1ccc(OC)c(F)c1. The molecular weight excluding hydrogens is 237 g/mol. The largest absolute Gasteiger partial charge is 0.494 e. The zero-order valence-corrected chi connectivity index (χ0v) is 10.4. The zero-order valence-electron chi connectivity index (χ0n) is 10.4. The van der Waals surface area contributed by atoms with Crippen molar-refractivity contribution in [3.8, 4) is 5.75 Å². The lowest BCUT2D eigenvalue weighted by atomic mass is 9.92. The highest BCUT2D eigenvalue weighted by Gasteiger charge is 2.34. The summed E-state index contributed by atoms with van der Waals surface area (Å²) in [7, 11) is 1.35. The second-order valence-corrected chi connectivity index (χ2v) is 3.95. The first-order valence-electron chi connectivity index (χ1n) is 5.39. The van der Waals surface area contributed by atoms with Gasteiger partial charge in [-0.15, -0.1) is 6.58 Å². The minimum Gasteiger partial charge on any atom is -0.494 e. The van der Waals surface area contributed by atoms with Crippen LogP contribution in [0.15, 0.2) is 30.9 Å². The number of methoxy groups -OCH3 is 1. The van der Waals surface area contributed by atoms with Crippen molar-refractivity contribution >= 4 is 5.97 Å². The van der Waals surface area contributed by atoms with Crippen LogP contribution < -0.4 is 10.1 Å². The molecule has 1 aromatic rings. The van der Waals surface area contributed by atoms with E-state index in [4.69, 9.17) is 4.74 Å². The van der Waals surface area contributed by atoms with Crippen molar-refractivity contribution in [1.82, 2.24) is 5.32 Å². The summed E-state index contributed by atoms with van der Waals surface area (Å²) in [6.45, 7) is 5.29. The summed E-state index contributed by atoms with van der Waals surface area (Å²) >= 11 is 0. The average Bonchev–Trinajstić information content (AvgIpc) is 2.35. The highest BCUT2D eigenvalue weighted by Crippen LogP contribution is 2.26. The number of carboxylic acid groups (broad SMARTS) is 1. The molecule has 1 rings (SSSR count). The maximum atomic E-state index is 13.6. The molecule has 18 heavy (non-hydrogen) atoms. The van der Waals surface area contributed by atoms with Crippen molar-refractivity contribution in [3.05, 3.63) is 42.2 Å². The quantitative estimate of drug-likeness (QED) is 0.760. The Morgan fingerprint density at radius 3 is 2.78 bits per heavy atom. The molecule has 0 aliphatic rings. The summed E-state index contributed by atoms with van der Waals surface area (Å²) in [6, 6.07) is 4.08. The fourth-order valence-electron chi connectivity index (χ4n) is 1.55. The first-order chi connectivity index (χ1) is 8.45. The van der Waals surface area contributed by atoms with Crippen molar-refractivity contribution in [3.63, 3.8) is 0 Å². The van der Waals surface area contributed by atoms with Gasteiger partial charge < -0.3 is 9.84 Å². The summed E-state index contributed by atoms with van der Waals surface area (Å²) in [5.41, 5.74) is -1.06. The minimum absolute atomic E-state index is 0.0789. The Kier molecular flexibility index (Phi) is 4.44. The van der Waals surface area contributed by atoms with Gasteiger partial charge in [0.25, 0.3) is 0 Å². The van der Waals surface area contributed by atoms with Gasteiger partial charge in [0, 0.05) is 6.54 Å². The Balaban J connectivity index is 3.17. The van der Waals surface area contributed by atoms with Gasteiger partial charge in [0.2, 0.25) is 0 Å². The molecule has 0 saturated carbocycles. The Labute approximate surface area is 105 Å². The molecule has 0 aliphatic heterocycles. The Bertz CT molecular complexity index is 462. The van der Waals surface area contributed by atoms with Crippen molar-refractivity contribution in [2.24, 2.45) is 0 Å². The normalized spacial score (nSPS) is 13.7. The van der Waals surface area contributed by atoms with Crippen LogP contribution >= 0.6 is 0 Å². The highest BCUT2D eigenvalue weighted by molar-refractivity contribution is 5.80. The smallest absolute Gasteiger partial charge is 0.328 e. The van der Waals surface area contributed by atoms with Crippen LogP contribution in [0.2, 0.25) is 0 Å². The van der Waals surface area contributed by atoms with E-state index in [9.17, 15) is 14.3 Å². The standard InChI is InChI=1S/C13H16FNO3/c1-4-7-15-13(2,12(16)17)9-5-6-11(18-3)10(14)8-9/h4-6,8,15H,1,7H2,2-3H3,(H,16,17). The fourth-order valence-corrected chi connectivity index (χ4v) is 1.55. The number of halogens is 1. The van der Waals surface area contributed by atoms with Crippen LogP contribution in [-0.4, -0.2) is 24.7 Å². The van der Waals surface area contributed by atoms with Gasteiger partial charge in [-0.2, -0.15) is 0 Å². The molecule has 4 nitrogen and oxygen atoms in total. The van der Waals surface area contributed by atoms with Crippen molar-refractivity contribution in [2.75, 3.05) is 13.7 Å². The highest BCUT2D eigenvalue weighted by atomic mass is 19.1. The van der Waals surface area contributed by atoms with E-state index in [1.54, 1.807) is 6.08 Å². The molecule has 0 aliphatic carbocycles. The predicted molar refractivity (Wildman–Crippen MR) is 66.1 cm³/mol. The van der Waals surface area contributed by atoms with E-state index in [0.29, 0.717) is 12.1 Å². The predicted octanol–water partition coefficient (Wildman–Crippen LogP) is 1.91. The third-order valence-electron chi connectivity index (χ3n) is 2.76. The van der Waals surface area contributed by atoms with Crippen LogP contribution in [0.3, 0.4) is 0 Å². The summed E-state index contributed by atoms with van der Waals surface area (Å²) in [6.07, 6.45) is 1.54. The molecule has 0 saturated heterocycles. The second kappa shape index (κ2) is 5.64. The van der Waals surface area contributed by atoms with Crippen molar-refractivity contribution < 1.29 is 19.0 Å². The molecule has 1 aromatic carbocycles. The van der Waals surface area contributed by atoms with Crippen LogP contribution in [0.25, 0.3) is 0 Å². The van der Waals surface area contributed by atoms with Crippen LogP contribution in [0.4, 0.5) is 4.39 Å². The van der Waals surface area contributed by atoms with E-state index in [1.807, 2.05) is 0 Å². The molecule has 0 fully saturated rings. The molecular formula is C13H16FNO3. The molecule has 0 bridgehead atoms. The summed E-state index contributed by atoms with van der Waals surface area (Å²) in [4.78, 5) is 11.3. The van der Waals surface area contributed by atoms with E-state index >= 15 is 0 Å². The van der Waals surface area contributed by atoms with Crippen molar-refractivity contribution in [2.45, 2.75) is 12.5 Å². The van der Waals surface area contributed by atoms with Gasteiger partial charge >= 0.3 is 5.97 Å². The van der Waals surface area contributed by atoms with Crippen LogP contribution in [0, 0.1) is 5.82 Å². The number of carbonyl (C=O) groups is 1. The topological polar surface area (TPSA) is 58.6 Å². The maximum absolute atomic E-state index is 13.6. The Morgan fingerprint density at radius 2 is 2.33 bits per heavy atom. The molecule has 0 radical (unpaired) electrons. The molecule has 0 aromatic heterocycles. The van der Waals surface area contributed by atoms with E-state index in [0.717, 1.165) is 6.07 Å². The van der Waals surface area contributed by atoms with E-state index in [-0.39, 0.29) is 5.75 Å². The maximum Gasteiger partial charge on any atom is 0.328 e. The van der Waals surface area contributed by atoms with Crippen molar-refractivity contribution in [1.29, 1.82) is 0 Å². The number of aliphatic carboxylic acids is 1. The molecule has 1 atom stereocenters. The third kappa shape index (κ3) is 2.68. The Morgan fingerprint density at radius 1 is 1.67 bits per heavy atom. The van der Waals surface area contributed by atoms with Gasteiger partial charge in [-0.05, 0) is 24.6 Å². The lowest BCUT2D eigenvalue weighted by Gasteiger charge is -2.26. The number of hydrogen-bond donors (Lipinski definition) is 2. The second-order valence-electron chi connectivity index (χ2n) is 3.95. The fraction of sp³-hybridized carbons (Fsp3) is 0.308. The molecule has 2 N–H and O–H groups in total. The summed E-state index contributed by atoms with van der Waals surface area (Å²) < 4.78 is 18.4. The first-order valence-corrected chi connectivity index (χ1v) is 5.39. The van der Waals surface area contributed by atoms with Gasteiger partial charge in [-0.25, -0.2) is 9.18 Å². The number of ether oxygens (including phenoxy) is 1. The molecule has 1 unspecified atom stereocenters. The van der Waals surface area contributed by atoms with Gasteiger partial charge in [-0.1, -0.05) is 12.1 Å². The lowest BCUT2D eigenvalue weighted by molar-refractivity contribution is -0.144. The Hall–Kier alpha value is -1.88. The monoisotopic (exact) mass is 253 g/mol. The summed E-state index contributed by atoms with van der Waals surface area (Å²) in [5, 5.41) is 12.1. The number of rotatable bonds is 6. The number of benzene rings is 1. The van der Waals surface area contributed by atoms with E-state index in [1.165, 1.54) is 26.2 Å². The molecule has 0 spiro atoms. The lowest BCUT2D eigenvalue weighted by Crippen LogP contribution is -2.46. The number of carboxylic acids is 1. The molecule has 0 amide bonds. The van der Waals surface area contributed by atoms with Gasteiger partial charge in [0.15, 0.2) is 11.6 Å². The molecule has 5 heteroatoms. The van der Waals surface area contributed by atoms with Gasteiger partial charge in [0.1, 0.15) is 5.54 Å². The van der Waals surface area contributed by atoms with Crippen LogP contribution in [0.1, 0.15) is 12.5 Å². The molecule has 98 valence electrons. The van der Waals surface area contributed by atoms with Crippen LogP contribution in [-0.2, 0) is 10.3 Å². The summed E-state index contributed by atoms with van der Waals surface area (Å²) in [5.74, 6) is -1.60. The van der Waals surface area contributed by atoms with Gasteiger partial charge in [-0.3, -0.25) is 5.32 Å². The number of hydrogen-bond acceptors (Lipinski definition) is 3. The molecule has 0 heterocycles. The number of nitrogens with one attached hydrogen (secondary N) is 1. The van der Waals surface area contributed by atoms with E-state index in [2.05, 4.69) is 11.9 Å². The first kappa shape index (κ1) is 14.2. The average molecular weight is 253 g/mol. The third-order valence-corrected chi connectivity index (χ3v) is 2.76. The van der Waals surface area contributed by atoms with Gasteiger partial charge in [0.05, 0.1) is 7.11 Å². The van der Waals surface area contributed by atoms with E-state index < -0.39 is 17.3 Å². The minimum atomic E-state index is -1.37.